The summed E-state index contributed by atoms with van der Waals surface area (Å²) >= 11 is 12.0. The van der Waals surface area contributed by atoms with Crippen molar-refractivity contribution in [3.8, 4) is 0 Å². The lowest BCUT2D eigenvalue weighted by Crippen LogP contribution is -2.40. The normalized spacial score (nSPS) is 15.2. The summed E-state index contributed by atoms with van der Waals surface area (Å²) in [6.07, 6.45) is 0. The summed E-state index contributed by atoms with van der Waals surface area (Å²) < 4.78 is 0. The molecule has 2 unspecified atom stereocenters. The first-order chi connectivity index (χ1) is 7.47. The second kappa shape index (κ2) is 5.84. The van der Waals surface area contributed by atoms with Gasteiger partial charge >= 0.3 is 0 Å². The van der Waals surface area contributed by atoms with Crippen molar-refractivity contribution in [2.45, 2.75) is 12.1 Å². The quantitative estimate of drug-likeness (QED) is 0.872. The second-order valence-electron chi connectivity index (χ2n) is 3.92. The van der Waals surface area contributed by atoms with Gasteiger partial charge in [0.2, 0.25) is 0 Å². The highest BCUT2D eigenvalue weighted by molar-refractivity contribution is 6.35. The molecule has 0 aliphatic heterocycles. The van der Waals surface area contributed by atoms with E-state index in [-0.39, 0.29) is 18.7 Å². The first-order valence-corrected chi connectivity index (χ1v) is 5.70. The predicted octanol–water partition coefficient (Wildman–Crippen LogP) is 1.92. The number of halogens is 2. The van der Waals surface area contributed by atoms with E-state index < -0.39 is 0 Å². The van der Waals surface area contributed by atoms with E-state index in [4.69, 9.17) is 34.0 Å². The van der Waals surface area contributed by atoms with Gasteiger partial charge in [-0.2, -0.15) is 0 Å². The summed E-state index contributed by atoms with van der Waals surface area (Å²) in [6, 6.07) is 4.77. The van der Waals surface area contributed by atoms with E-state index >= 15 is 0 Å². The van der Waals surface area contributed by atoms with Crippen molar-refractivity contribution in [1.29, 1.82) is 0 Å². The molecule has 0 fully saturated rings. The Labute approximate surface area is 106 Å². The zero-order valence-corrected chi connectivity index (χ0v) is 10.8. The van der Waals surface area contributed by atoms with Crippen molar-refractivity contribution in [1.82, 2.24) is 4.90 Å². The summed E-state index contributed by atoms with van der Waals surface area (Å²) in [5.74, 6) is 0. The Morgan fingerprint density at radius 3 is 2.44 bits per heavy atom. The van der Waals surface area contributed by atoms with Gasteiger partial charge in [0.05, 0.1) is 12.6 Å². The van der Waals surface area contributed by atoms with Crippen molar-refractivity contribution in [2.75, 3.05) is 20.7 Å². The van der Waals surface area contributed by atoms with Crippen LogP contribution in [0.15, 0.2) is 18.2 Å². The fourth-order valence-electron chi connectivity index (χ4n) is 1.73. The minimum Gasteiger partial charge on any atom is -0.395 e. The van der Waals surface area contributed by atoms with E-state index in [0.717, 1.165) is 5.56 Å². The van der Waals surface area contributed by atoms with Gasteiger partial charge in [-0.05, 0) is 31.8 Å². The van der Waals surface area contributed by atoms with E-state index in [2.05, 4.69) is 0 Å². The van der Waals surface area contributed by atoms with Crippen LogP contribution in [-0.4, -0.2) is 36.8 Å². The van der Waals surface area contributed by atoms with Gasteiger partial charge in [0.25, 0.3) is 0 Å². The molecule has 0 aliphatic carbocycles. The fourth-order valence-corrected chi connectivity index (χ4v) is 2.25. The van der Waals surface area contributed by atoms with Gasteiger partial charge < -0.3 is 15.7 Å². The minimum absolute atomic E-state index is 0.0954. The molecule has 5 heteroatoms. The Morgan fingerprint density at radius 1 is 1.38 bits per heavy atom. The van der Waals surface area contributed by atoms with E-state index in [1.807, 2.05) is 25.1 Å². The summed E-state index contributed by atoms with van der Waals surface area (Å²) in [5, 5.41) is 10.3. The third-order valence-corrected chi connectivity index (χ3v) is 3.02. The van der Waals surface area contributed by atoms with Crippen molar-refractivity contribution in [3.63, 3.8) is 0 Å². The standard InChI is InChI=1S/C11H16Cl2N2O/c1-15(2)11(10(14)6-16)8-4-3-7(12)5-9(8)13/h3-5,10-11,16H,6,14H2,1-2H3. The molecule has 0 saturated carbocycles. The summed E-state index contributed by atoms with van der Waals surface area (Å²) in [7, 11) is 3.79. The van der Waals surface area contributed by atoms with Crippen molar-refractivity contribution >= 4 is 23.2 Å². The van der Waals surface area contributed by atoms with Crippen LogP contribution >= 0.6 is 23.2 Å². The van der Waals surface area contributed by atoms with Crippen molar-refractivity contribution < 1.29 is 5.11 Å². The number of nitrogens with zero attached hydrogens (tertiary/aromatic N) is 1. The molecule has 0 bridgehead atoms. The zero-order chi connectivity index (χ0) is 12.3. The second-order valence-corrected chi connectivity index (χ2v) is 4.76. The number of nitrogens with two attached hydrogens (primary N) is 1. The molecule has 0 amide bonds. The molecule has 90 valence electrons. The molecule has 0 spiro atoms. The van der Waals surface area contributed by atoms with E-state index in [0.29, 0.717) is 10.0 Å². The summed E-state index contributed by atoms with van der Waals surface area (Å²) in [6.45, 7) is -0.0954. The van der Waals surface area contributed by atoms with Gasteiger partial charge in [0.1, 0.15) is 0 Å². The Bertz CT molecular complexity index is 358. The number of aliphatic hydroxyl groups excluding tert-OH is 1. The summed E-state index contributed by atoms with van der Waals surface area (Å²) in [4.78, 5) is 1.93. The van der Waals surface area contributed by atoms with Gasteiger partial charge in [-0.15, -0.1) is 0 Å². The Hall–Kier alpha value is -0.320. The van der Waals surface area contributed by atoms with Crippen LogP contribution in [0, 0.1) is 0 Å². The Morgan fingerprint density at radius 2 is 2.00 bits per heavy atom. The van der Waals surface area contributed by atoms with Gasteiger partial charge in [0.15, 0.2) is 0 Å². The molecule has 3 N–H and O–H groups in total. The highest BCUT2D eigenvalue weighted by atomic mass is 35.5. The molecule has 2 atom stereocenters. The lowest BCUT2D eigenvalue weighted by atomic mass is 9.99. The first-order valence-electron chi connectivity index (χ1n) is 4.95. The van der Waals surface area contributed by atoms with Crippen LogP contribution < -0.4 is 5.73 Å². The maximum atomic E-state index is 9.14. The van der Waals surface area contributed by atoms with E-state index in [1.54, 1.807) is 12.1 Å². The molecular weight excluding hydrogens is 247 g/mol. The van der Waals surface area contributed by atoms with E-state index in [1.165, 1.54) is 0 Å². The lowest BCUT2D eigenvalue weighted by molar-refractivity contribution is 0.181. The predicted molar refractivity (Wildman–Crippen MR) is 68.0 cm³/mol. The molecule has 3 nitrogen and oxygen atoms in total. The monoisotopic (exact) mass is 262 g/mol. The minimum atomic E-state index is -0.381. The summed E-state index contributed by atoms with van der Waals surface area (Å²) in [5.41, 5.74) is 6.75. The highest BCUT2D eigenvalue weighted by Crippen LogP contribution is 2.30. The Kier molecular flexibility index (Phi) is 5.02. The first kappa shape index (κ1) is 13.7. The molecular formula is C11H16Cl2N2O. The lowest BCUT2D eigenvalue weighted by Gasteiger charge is -2.30. The maximum absolute atomic E-state index is 9.14. The van der Waals surface area contributed by atoms with Gasteiger partial charge in [-0.3, -0.25) is 0 Å². The topological polar surface area (TPSA) is 49.5 Å². The number of hydrogen-bond donors (Lipinski definition) is 2. The smallest absolute Gasteiger partial charge is 0.0601 e. The molecule has 1 aromatic rings. The van der Waals surface area contributed by atoms with Gasteiger partial charge in [-0.25, -0.2) is 0 Å². The molecule has 0 aliphatic rings. The van der Waals surface area contributed by atoms with Crippen molar-refractivity contribution in [2.24, 2.45) is 5.73 Å². The molecule has 0 saturated heterocycles. The van der Waals surface area contributed by atoms with Crippen LogP contribution in [0.2, 0.25) is 10.0 Å². The largest absolute Gasteiger partial charge is 0.395 e. The average Bonchev–Trinajstić information content (AvgIpc) is 2.21. The maximum Gasteiger partial charge on any atom is 0.0601 e. The van der Waals surface area contributed by atoms with Crippen LogP contribution in [0.1, 0.15) is 11.6 Å². The number of hydrogen-bond acceptors (Lipinski definition) is 3. The van der Waals surface area contributed by atoms with Crippen LogP contribution in [-0.2, 0) is 0 Å². The van der Waals surface area contributed by atoms with Gasteiger partial charge in [0, 0.05) is 16.1 Å². The molecule has 1 aromatic carbocycles. The molecule has 0 radical (unpaired) electrons. The Balaban J connectivity index is 3.11. The molecule has 0 aromatic heterocycles. The van der Waals surface area contributed by atoms with E-state index in [9.17, 15) is 0 Å². The number of aliphatic hydroxyl groups is 1. The highest BCUT2D eigenvalue weighted by Gasteiger charge is 2.23. The van der Waals surface area contributed by atoms with Crippen LogP contribution in [0.4, 0.5) is 0 Å². The third-order valence-electron chi connectivity index (χ3n) is 2.45. The van der Waals surface area contributed by atoms with Gasteiger partial charge in [-0.1, -0.05) is 29.3 Å². The van der Waals surface area contributed by atoms with Crippen LogP contribution in [0.5, 0.6) is 0 Å². The van der Waals surface area contributed by atoms with Crippen molar-refractivity contribution in [3.05, 3.63) is 33.8 Å². The SMILES string of the molecule is CN(C)C(c1ccc(Cl)cc1Cl)C(N)CO. The molecule has 1 rings (SSSR count). The fraction of sp³-hybridized carbons (Fsp3) is 0.455. The number of benzene rings is 1. The molecule has 0 heterocycles. The zero-order valence-electron chi connectivity index (χ0n) is 9.32. The number of rotatable bonds is 4. The van der Waals surface area contributed by atoms with Crippen LogP contribution in [0.25, 0.3) is 0 Å². The molecule has 16 heavy (non-hydrogen) atoms. The van der Waals surface area contributed by atoms with Crippen LogP contribution in [0.3, 0.4) is 0 Å². The number of likely N-dealkylation sites (N-methyl/N-ethyl adjacent to an activating group) is 1. The third kappa shape index (κ3) is 3.09. The average molecular weight is 263 g/mol.